The van der Waals surface area contributed by atoms with Crippen LogP contribution in [0.3, 0.4) is 0 Å². The molecule has 0 aromatic heterocycles. The standard InChI is InChI=1S/C9H12BrN5.ClH/c10-7-4-2-1-3-6(7)5-14-9(13)15-8(11)12;/h1-4H,5H2,(H6,11,12,13,14,15);1H. The Morgan fingerprint density at radius 3 is 2.50 bits per heavy atom. The number of halogens is 2. The van der Waals surface area contributed by atoms with Crippen molar-refractivity contribution in [1.29, 1.82) is 10.8 Å². The second-order valence-electron chi connectivity index (χ2n) is 2.86. The van der Waals surface area contributed by atoms with Gasteiger partial charge in [0, 0.05) is 11.0 Å². The van der Waals surface area contributed by atoms with Gasteiger partial charge in [0.15, 0.2) is 11.9 Å². The maximum Gasteiger partial charge on any atom is 0.195 e. The van der Waals surface area contributed by atoms with Gasteiger partial charge >= 0.3 is 0 Å². The Morgan fingerprint density at radius 2 is 1.94 bits per heavy atom. The van der Waals surface area contributed by atoms with Gasteiger partial charge in [0.25, 0.3) is 0 Å². The van der Waals surface area contributed by atoms with E-state index >= 15 is 0 Å². The Hall–Kier alpha value is -1.27. The fourth-order valence-corrected chi connectivity index (χ4v) is 1.43. The van der Waals surface area contributed by atoms with E-state index in [1.165, 1.54) is 0 Å². The summed E-state index contributed by atoms with van der Waals surface area (Å²) in [5.74, 6) is -0.238. The lowest BCUT2D eigenvalue weighted by molar-refractivity contribution is 0.873. The third kappa shape index (κ3) is 4.99. The molecule has 6 N–H and O–H groups in total. The van der Waals surface area contributed by atoms with Crippen LogP contribution in [0, 0.1) is 10.8 Å². The van der Waals surface area contributed by atoms with E-state index in [0.29, 0.717) is 6.54 Å². The normalized spacial score (nSPS) is 8.81. The number of rotatable bonds is 2. The van der Waals surface area contributed by atoms with E-state index in [9.17, 15) is 0 Å². The first-order valence-corrected chi connectivity index (χ1v) is 5.06. The van der Waals surface area contributed by atoms with E-state index in [1.54, 1.807) is 0 Å². The lowest BCUT2D eigenvalue weighted by Crippen LogP contribution is -2.43. The topological polar surface area (TPSA) is 97.8 Å². The molecule has 7 heteroatoms. The smallest absolute Gasteiger partial charge is 0.195 e. The van der Waals surface area contributed by atoms with Gasteiger partial charge in [-0.2, -0.15) is 0 Å². The van der Waals surface area contributed by atoms with Crippen LogP contribution in [0.4, 0.5) is 0 Å². The molecule has 0 heterocycles. The quantitative estimate of drug-likeness (QED) is 0.422. The second kappa shape index (κ2) is 7.08. The van der Waals surface area contributed by atoms with Crippen molar-refractivity contribution >= 4 is 40.3 Å². The molecule has 0 bridgehead atoms. The maximum atomic E-state index is 7.38. The third-order valence-electron chi connectivity index (χ3n) is 1.67. The fourth-order valence-electron chi connectivity index (χ4n) is 1.00. The van der Waals surface area contributed by atoms with Crippen molar-refractivity contribution in [3.63, 3.8) is 0 Å². The van der Waals surface area contributed by atoms with Crippen molar-refractivity contribution in [1.82, 2.24) is 10.6 Å². The molecule has 0 spiro atoms. The maximum absolute atomic E-state index is 7.38. The van der Waals surface area contributed by atoms with Crippen molar-refractivity contribution in [2.75, 3.05) is 0 Å². The van der Waals surface area contributed by atoms with E-state index in [2.05, 4.69) is 26.6 Å². The summed E-state index contributed by atoms with van der Waals surface area (Å²) in [7, 11) is 0. The van der Waals surface area contributed by atoms with Crippen LogP contribution in [0.25, 0.3) is 0 Å². The average molecular weight is 307 g/mol. The highest BCUT2D eigenvalue weighted by Crippen LogP contribution is 2.14. The molecule has 0 fully saturated rings. The Kier molecular flexibility index (Phi) is 6.52. The molecule has 0 amide bonds. The highest BCUT2D eigenvalue weighted by molar-refractivity contribution is 9.10. The van der Waals surface area contributed by atoms with E-state index in [0.717, 1.165) is 10.0 Å². The van der Waals surface area contributed by atoms with Gasteiger partial charge in [-0.1, -0.05) is 34.1 Å². The van der Waals surface area contributed by atoms with Gasteiger partial charge in [-0.3, -0.25) is 16.1 Å². The summed E-state index contributed by atoms with van der Waals surface area (Å²) in [5.41, 5.74) is 6.11. The van der Waals surface area contributed by atoms with Crippen LogP contribution in [0.5, 0.6) is 0 Å². The summed E-state index contributed by atoms with van der Waals surface area (Å²) in [5, 5.41) is 19.4. The Balaban J connectivity index is 0.00000225. The van der Waals surface area contributed by atoms with Gasteiger partial charge in [-0.25, -0.2) is 0 Å². The molecule has 1 aromatic rings. The van der Waals surface area contributed by atoms with E-state index < -0.39 is 0 Å². The van der Waals surface area contributed by atoms with Gasteiger partial charge in [0.05, 0.1) is 0 Å². The summed E-state index contributed by atoms with van der Waals surface area (Å²) in [6.07, 6.45) is 0. The number of nitrogens with one attached hydrogen (secondary N) is 4. The zero-order chi connectivity index (χ0) is 11.3. The molecule has 0 unspecified atom stereocenters. The average Bonchev–Trinajstić information content (AvgIpc) is 2.15. The first-order chi connectivity index (χ1) is 7.09. The summed E-state index contributed by atoms with van der Waals surface area (Å²) in [4.78, 5) is 0. The summed E-state index contributed by atoms with van der Waals surface area (Å²) < 4.78 is 0.980. The first-order valence-electron chi connectivity index (χ1n) is 4.26. The van der Waals surface area contributed by atoms with Gasteiger partial charge in [-0.15, -0.1) is 12.4 Å². The Morgan fingerprint density at radius 1 is 1.31 bits per heavy atom. The molecule has 0 saturated heterocycles. The largest absolute Gasteiger partial charge is 0.370 e. The SMILES string of the molecule is Cl.N=C(N)NC(=N)NCc1ccccc1Br. The highest BCUT2D eigenvalue weighted by Gasteiger charge is 2.00. The number of hydrogen-bond acceptors (Lipinski definition) is 2. The second-order valence-corrected chi connectivity index (χ2v) is 3.71. The molecule has 16 heavy (non-hydrogen) atoms. The molecule has 88 valence electrons. The molecule has 0 saturated carbocycles. The minimum atomic E-state index is -0.250. The molecule has 1 aromatic carbocycles. The summed E-state index contributed by atoms with van der Waals surface area (Å²) in [6, 6.07) is 7.72. The van der Waals surface area contributed by atoms with Crippen LogP contribution in [-0.2, 0) is 6.54 Å². The van der Waals surface area contributed by atoms with E-state index in [-0.39, 0.29) is 24.3 Å². The number of benzene rings is 1. The van der Waals surface area contributed by atoms with Crippen LogP contribution in [0.1, 0.15) is 5.56 Å². The molecule has 1 rings (SSSR count). The van der Waals surface area contributed by atoms with Crippen LogP contribution in [-0.4, -0.2) is 11.9 Å². The zero-order valence-corrected chi connectivity index (χ0v) is 10.8. The molecule has 5 nitrogen and oxygen atoms in total. The number of guanidine groups is 2. The highest BCUT2D eigenvalue weighted by atomic mass is 79.9. The lowest BCUT2D eigenvalue weighted by atomic mass is 10.2. The minimum absolute atomic E-state index is 0. The molecule has 0 aliphatic carbocycles. The first kappa shape index (κ1) is 14.7. The zero-order valence-electron chi connectivity index (χ0n) is 8.38. The predicted molar refractivity (Wildman–Crippen MR) is 71.0 cm³/mol. The molecule has 0 atom stereocenters. The Bertz CT molecular complexity index is 382. The molecular formula is C9H13BrClN5. The van der Waals surface area contributed by atoms with Crippen LogP contribution >= 0.6 is 28.3 Å². The number of hydrogen-bond donors (Lipinski definition) is 5. The summed E-state index contributed by atoms with van der Waals surface area (Å²) in [6.45, 7) is 0.501. The van der Waals surface area contributed by atoms with Gasteiger partial charge < -0.3 is 11.1 Å². The van der Waals surface area contributed by atoms with Crippen molar-refractivity contribution in [2.45, 2.75) is 6.54 Å². The predicted octanol–water partition coefficient (Wildman–Crippen LogP) is 1.38. The third-order valence-corrected chi connectivity index (χ3v) is 2.45. The lowest BCUT2D eigenvalue weighted by Gasteiger charge is -2.09. The van der Waals surface area contributed by atoms with Gasteiger partial charge in [-0.05, 0) is 11.6 Å². The van der Waals surface area contributed by atoms with Crippen molar-refractivity contribution in [3.05, 3.63) is 34.3 Å². The Labute approximate surface area is 108 Å². The van der Waals surface area contributed by atoms with Crippen molar-refractivity contribution in [2.24, 2.45) is 5.73 Å². The summed E-state index contributed by atoms with van der Waals surface area (Å²) >= 11 is 3.40. The molecule has 0 aliphatic heterocycles. The molecule has 0 aliphatic rings. The van der Waals surface area contributed by atoms with Crippen molar-refractivity contribution < 1.29 is 0 Å². The molecular weight excluding hydrogens is 293 g/mol. The monoisotopic (exact) mass is 305 g/mol. The van der Waals surface area contributed by atoms with Crippen LogP contribution in [0.2, 0.25) is 0 Å². The number of nitrogens with two attached hydrogens (primary N) is 1. The fraction of sp³-hybridized carbons (Fsp3) is 0.111. The van der Waals surface area contributed by atoms with E-state index in [1.807, 2.05) is 24.3 Å². The minimum Gasteiger partial charge on any atom is -0.370 e. The van der Waals surface area contributed by atoms with E-state index in [4.69, 9.17) is 16.6 Å². The van der Waals surface area contributed by atoms with Gasteiger partial charge in [0.2, 0.25) is 0 Å². The van der Waals surface area contributed by atoms with Crippen LogP contribution < -0.4 is 16.4 Å². The molecule has 0 radical (unpaired) electrons. The van der Waals surface area contributed by atoms with Gasteiger partial charge in [0.1, 0.15) is 0 Å². The van der Waals surface area contributed by atoms with Crippen LogP contribution in [0.15, 0.2) is 28.7 Å². The van der Waals surface area contributed by atoms with Crippen molar-refractivity contribution in [3.8, 4) is 0 Å².